The number of rotatable bonds is 6. The van der Waals surface area contributed by atoms with Crippen LogP contribution in [0.5, 0.6) is 11.5 Å². The molecule has 5 nitrogen and oxygen atoms in total. The van der Waals surface area contributed by atoms with Crippen molar-refractivity contribution in [1.82, 2.24) is 0 Å². The van der Waals surface area contributed by atoms with Gasteiger partial charge in [0, 0.05) is 16.3 Å². The van der Waals surface area contributed by atoms with Crippen LogP contribution in [0.15, 0.2) is 47.5 Å². The van der Waals surface area contributed by atoms with E-state index in [4.69, 9.17) is 14.2 Å². The first-order valence-corrected chi connectivity index (χ1v) is 8.94. The first-order chi connectivity index (χ1) is 12.7. The average molecular weight is 369 g/mol. The summed E-state index contributed by atoms with van der Waals surface area (Å²) in [4.78, 5) is 17.0. The van der Waals surface area contributed by atoms with E-state index in [1.165, 1.54) is 11.3 Å². The maximum Gasteiger partial charge on any atom is 0.341 e. The van der Waals surface area contributed by atoms with E-state index in [9.17, 15) is 4.79 Å². The molecule has 3 aromatic rings. The lowest BCUT2D eigenvalue weighted by Gasteiger charge is -2.07. The molecule has 0 fully saturated rings. The number of nitrogens with zero attached hydrogens (tertiary/aromatic N) is 1. The van der Waals surface area contributed by atoms with E-state index in [0.717, 1.165) is 15.6 Å². The summed E-state index contributed by atoms with van der Waals surface area (Å²) in [5.41, 5.74) is 1.35. The molecule has 1 heterocycles. The molecule has 0 saturated carbocycles. The number of hydrogen-bond acceptors (Lipinski definition) is 6. The van der Waals surface area contributed by atoms with Crippen molar-refractivity contribution in [3.63, 3.8) is 0 Å². The van der Waals surface area contributed by atoms with Crippen molar-refractivity contribution in [3.05, 3.63) is 53.6 Å². The highest BCUT2D eigenvalue weighted by molar-refractivity contribution is 7.23. The molecule has 2 aromatic carbocycles. The molecule has 0 atom stereocenters. The Hall–Kier alpha value is -2.86. The van der Waals surface area contributed by atoms with Gasteiger partial charge in [-0.15, -0.1) is 11.3 Å². The van der Waals surface area contributed by atoms with Crippen molar-refractivity contribution in [2.24, 2.45) is 4.99 Å². The van der Waals surface area contributed by atoms with Crippen LogP contribution in [-0.4, -0.2) is 33.0 Å². The van der Waals surface area contributed by atoms with E-state index in [2.05, 4.69) is 4.99 Å². The number of esters is 1. The highest BCUT2D eigenvalue weighted by Crippen LogP contribution is 2.38. The number of carbonyl (C=O) groups is 1. The van der Waals surface area contributed by atoms with Crippen molar-refractivity contribution < 1.29 is 19.0 Å². The predicted octanol–water partition coefficient (Wildman–Crippen LogP) is 4.85. The highest BCUT2D eigenvalue weighted by atomic mass is 32.1. The molecule has 0 amide bonds. The largest absolute Gasteiger partial charge is 0.493 e. The molecule has 0 N–H and O–H groups in total. The van der Waals surface area contributed by atoms with E-state index >= 15 is 0 Å². The number of ether oxygens (including phenoxy) is 3. The van der Waals surface area contributed by atoms with Crippen LogP contribution in [0.1, 0.15) is 22.8 Å². The molecular formula is C20H19NO4S. The second kappa shape index (κ2) is 8.01. The zero-order valence-corrected chi connectivity index (χ0v) is 15.6. The second-order valence-corrected chi connectivity index (χ2v) is 6.40. The smallest absolute Gasteiger partial charge is 0.341 e. The Morgan fingerprint density at radius 1 is 1.12 bits per heavy atom. The van der Waals surface area contributed by atoms with E-state index in [1.54, 1.807) is 27.4 Å². The number of benzene rings is 2. The van der Waals surface area contributed by atoms with Crippen molar-refractivity contribution in [3.8, 4) is 11.5 Å². The number of fused-ring (bicyclic) bond motifs is 1. The van der Waals surface area contributed by atoms with Crippen LogP contribution >= 0.6 is 11.3 Å². The third-order valence-corrected chi connectivity index (χ3v) is 4.87. The summed E-state index contributed by atoms with van der Waals surface area (Å²) in [6.07, 6.45) is 1.70. The van der Waals surface area contributed by atoms with Crippen molar-refractivity contribution in [2.75, 3.05) is 20.8 Å². The molecule has 134 valence electrons. The van der Waals surface area contributed by atoms with Crippen LogP contribution in [0, 0.1) is 0 Å². The predicted molar refractivity (Wildman–Crippen MR) is 105 cm³/mol. The van der Waals surface area contributed by atoms with Crippen LogP contribution in [-0.2, 0) is 4.74 Å². The topological polar surface area (TPSA) is 57.1 Å². The van der Waals surface area contributed by atoms with Gasteiger partial charge < -0.3 is 14.2 Å². The Morgan fingerprint density at radius 2 is 1.88 bits per heavy atom. The summed E-state index contributed by atoms with van der Waals surface area (Å²) in [5.74, 6) is 0.918. The summed E-state index contributed by atoms with van der Waals surface area (Å²) < 4.78 is 16.8. The molecular weight excluding hydrogens is 350 g/mol. The average Bonchev–Trinajstić information content (AvgIpc) is 3.04. The van der Waals surface area contributed by atoms with Gasteiger partial charge >= 0.3 is 5.97 Å². The van der Waals surface area contributed by atoms with Crippen molar-refractivity contribution >= 4 is 38.6 Å². The van der Waals surface area contributed by atoms with Gasteiger partial charge in [-0.25, -0.2) is 9.79 Å². The summed E-state index contributed by atoms with van der Waals surface area (Å²) in [6, 6.07) is 13.3. The number of methoxy groups -OCH3 is 2. The second-order valence-electron chi connectivity index (χ2n) is 5.37. The SMILES string of the molecule is CCOC(=O)c1c(N=Cc2ccc(OC)c(OC)c2)sc2ccccc12. The van der Waals surface area contributed by atoms with Crippen molar-refractivity contribution in [1.29, 1.82) is 0 Å². The number of thiophene rings is 1. The van der Waals surface area contributed by atoms with E-state index in [1.807, 2.05) is 42.5 Å². The minimum absolute atomic E-state index is 0.321. The zero-order valence-electron chi connectivity index (χ0n) is 14.8. The van der Waals surface area contributed by atoms with Gasteiger partial charge in [0.2, 0.25) is 0 Å². The normalized spacial score (nSPS) is 11.0. The molecule has 0 aliphatic carbocycles. The fourth-order valence-electron chi connectivity index (χ4n) is 2.59. The molecule has 26 heavy (non-hydrogen) atoms. The van der Waals surface area contributed by atoms with Crippen LogP contribution in [0.25, 0.3) is 10.1 Å². The first-order valence-electron chi connectivity index (χ1n) is 8.12. The molecule has 0 unspecified atom stereocenters. The lowest BCUT2D eigenvalue weighted by atomic mass is 10.1. The Morgan fingerprint density at radius 3 is 2.62 bits per heavy atom. The van der Waals surface area contributed by atoms with Crippen molar-refractivity contribution in [2.45, 2.75) is 6.92 Å². The Kier molecular flexibility index (Phi) is 5.53. The van der Waals surface area contributed by atoms with E-state index < -0.39 is 0 Å². The Balaban J connectivity index is 2.01. The van der Waals surface area contributed by atoms with Crippen LogP contribution in [0.3, 0.4) is 0 Å². The fourth-order valence-corrected chi connectivity index (χ4v) is 3.63. The maximum absolute atomic E-state index is 12.4. The molecule has 0 spiro atoms. The molecule has 0 aliphatic rings. The van der Waals surface area contributed by atoms with Crippen LogP contribution < -0.4 is 9.47 Å². The molecule has 0 aliphatic heterocycles. The maximum atomic E-state index is 12.4. The first kappa shape index (κ1) is 17.9. The number of aliphatic imine (C=N–C) groups is 1. The molecule has 1 aromatic heterocycles. The molecule has 0 bridgehead atoms. The van der Waals surface area contributed by atoms with Crippen LogP contribution in [0.4, 0.5) is 5.00 Å². The molecule has 3 rings (SSSR count). The quantitative estimate of drug-likeness (QED) is 0.460. The molecule has 0 radical (unpaired) electrons. The summed E-state index contributed by atoms with van der Waals surface area (Å²) in [6.45, 7) is 2.11. The Bertz CT molecular complexity index is 962. The van der Waals surface area contributed by atoms with Crippen LogP contribution in [0.2, 0.25) is 0 Å². The van der Waals surface area contributed by atoms with Gasteiger partial charge in [-0.3, -0.25) is 0 Å². The minimum Gasteiger partial charge on any atom is -0.493 e. The molecule has 6 heteroatoms. The third-order valence-electron chi connectivity index (χ3n) is 3.79. The molecule has 0 saturated heterocycles. The minimum atomic E-state index is -0.357. The van der Waals surface area contributed by atoms with Gasteiger partial charge in [-0.1, -0.05) is 18.2 Å². The summed E-state index contributed by atoms with van der Waals surface area (Å²) in [5, 5.41) is 1.48. The van der Waals surface area contributed by atoms with Gasteiger partial charge in [0.25, 0.3) is 0 Å². The number of carbonyl (C=O) groups excluding carboxylic acids is 1. The summed E-state index contributed by atoms with van der Waals surface area (Å²) in [7, 11) is 3.18. The fraction of sp³-hybridized carbons (Fsp3) is 0.200. The van der Waals surface area contributed by atoms with Gasteiger partial charge in [0.1, 0.15) is 10.6 Å². The van der Waals surface area contributed by atoms with Gasteiger partial charge in [0.15, 0.2) is 11.5 Å². The van der Waals surface area contributed by atoms with Gasteiger partial charge in [-0.2, -0.15) is 0 Å². The van der Waals surface area contributed by atoms with E-state index in [0.29, 0.717) is 28.7 Å². The van der Waals surface area contributed by atoms with E-state index in [-0.39, 0.29) is 5.97 Å². The standard InChI is InChI=1S/C20H19NO4S/c1-4-25-20(22)18-14-7-5-6-8-17(14)26-19(18)21-12-13-9-10-15(23-2)16(11-13)24-3/h5-12H,4H2,1-3H3. The highest BCUT2D eigenvalue weighted by Gasteiger charge is 2.19. The lowest BCUT2D eigenvalue weighted by Crippen LogP contribution is -2.03. The van der Waals surface area contributed by atoms with Gasteiger partial charge in [-0.05, 0) is 36.8 Å². The Labute approximate surface area is 155 Å². The van der Waals surface area contributed by atoms with Gasteiger partial charge in [0.05, 0.1) is 20.8 Å². The number of hydrogen-bond donors (Lipinski definition) is 0. The monoisotopic (exact) mass is 369 g/mol. The summed E-state index contributed by atoms with van der Waals surface area (Å²) >= 11 is 1.46. The zero-order chi connectivity index (χ0) is 18.5. The third kappa shape index (κ3) is 3.55. The lowest BCUT2D eigenvalue weighted by molar-refractivity contribution is 0.0530.